The molecule has 1 unspecified atom stereocenters. The molecule has 1 fully saturated rings. The smallest absolute Gasteiger partial charge is 0.339 e. The number of carbonyl (C=O) groups excluding carboxylic acids is 2. The predicted molar refractivity (Wildman–Crippen MR) is 77.3 cm³/mol. The molecule has 2 rings (SSSR count). The SMILES string of the molecule is CCOC(=O)C1CCCN1c1ccc(C(=O)OC)c(C)n1. The molecule has 0 aromatic carbocycles. The van der Waals surface area contributed by atoms with Crippen molar-refractivity contribution < 1.29 is 19.1 Å². The van der Waals surface area contributed by atoms with Crippen molar-refractivity contribution in [2.45, 2.75) is 32.7 Å². The van der Waals surface area contributed by atoms with Crippen molar-refractivity contribution in [3.63, 3.8) is 0 Å². The van der Waals surface area contributed by atoms with E-state index >= 15 is 0 Å². The van der Waals surface area contributed by atoms with Gasteiger partial charge in [0.05, 0.1) is 25.0 Å². The lowest BCUT2D eigenvalue weighted by Crippen LogP contribution is -2.38. The molecule has 0 saturated carbocycles. The molecule has 21 heavy (non-hydrogen) atoms. The fraction of sp³-hybridized carbons (Fsp3) is 0.533. The number of aryl methyl sites for hydroxylation is 1. The molecule has 0 N–H and O–H groups in total. The lowest BCUT2D eigenvalue weighted by Gasteiger charge is -2.24. The van der Waals surface area contributed by atoms with Gasteiger partial charge in [0.2, 0.25) is 0 Å². The number of hydrogen-bond donors (Lipinski definition) is 0. The average Bonchev–Trinajstić information content (AvgIpc) is 2.96. The monoisotopic (exact) mass is 292 g/mol. The Bertz CT molecular complexity index is 544. The molecule has 1 aliphatic heterocycles. The van der Waals surface area contributed by atoms with Gasteiger partial charge in [0.15, 0.2) is 0 Å². The third kappa shape index (κ3) is 3.15. The molecule has 114 valence electrons. The molecular weight excluding hydrogens is 272 g/mol. The second-order valence-electron chi connectivity index (χ2n) is 4.90. The molecule has 1 aromatic rings. The summed E-state index contributed by atoms with van der Waals surface area (Å²) in [5.74, 6) is 0.0668. The molecule has 2 heterocycles. The molecule has 1 aliphatic rings. The van der Waals surface area contributed by atoms with Gasteiger partial charge in [-0.3, -0.25) is 0 Å². The van der Waals surface area contributed by atoms with Crippen LogP contribution in [0.1, 0.15) is 35.8 Å². The van der Waals surface area contributed by atoms with E-state index in [9.17, 15) is 9.59 Å². The number of hydrogen-bond acceptors (Lipinski definition) is 6. The molecule has 0 amide bonds. The Kier molecular flexibility index (Phi) is 4.77. The topological polar surface area (TPSA) is 68.7 Å². The Morgan fingerprint density at radius 3 is 2.81 bits per heavy atom. The van der Waals surface area contributed by atoms with E-state index in [1.165, 1.54) is 7.11 Å². The number of ether oxygens (including phenoxy) is 2. The maximum absolute atomic E-state index is 12.0. The minimum absolute atomic E-state index is 0.216. The molecule has 0 radical (unpaired) electrons. The lowest BCUT2D eigenvalue weighted by atomic mass is 10.2. The number of anilines is 1. The Hall–Kier alpha value is -2.11. The Balaban J connectivity index is 2.23. The summed E-state index contributed by atoms with van der Waals surface area (Å²) in [4.78, 5) is 29.9. The normalized spacial score (nSPS) is 17.7. The second-order valence-corrected chi connectivity index (χ2v) is 4.90. The van der Waals surface area contributed by atoms with Crippen LogP contribution < -0.4 is 4.90 Å². The quantitative estimate of drug-likeness (QED) is 0.787. The summed E-state index contributed by atoms with van der Waals surface area (Å²) in [5.41, 5.74) is 1.03. The van der Waals surface area contributed by atoms with E-state index in [1.54, 1.807) is 26.0 Å². The summed E-state index contributed by atoms with van der Waals surface area (Å²) >= 11 is 0. The minimum atomic E-state index is -0.407. The zero-order chi connectivity index (χ0) is 15.4. The third-order valence-corrected chi connectivity index (χ3v) is 3.58. The fourth-order valence-electron chi connectivity index (χ4n) is 2.56. The number of aromatic nitrogens is 1. The maximum Gasteiger partial charge on any atom is 0.339 e. The third-order valence-electron chi connectivity index (χ3n) is 3.58. The van der Waals surface area contributed by atoms with Gasteiger partial charge in [-0.1, -0.05) is 0 Å². The van der Waals surface area contributed by atoms with E-state index in [2.05, 4.69) is 4.98 Å². The first kappa shape index (κ1) is 15.3. The maximum atomic E-state index is 12.0. The number of carbonyl (C=O) groups is 2. The highest BCUT2D eigenvalue weighted by atomic mass is 16.5. The number of nitrogens with zero attached hydrogens (tertiary/aromatic N) is 2. The van der Waals surface area contributed by atoms with E-state index < -0.39 is 5.97 Å². The summed E-state index contributed by atoms with van der Waals surface area (Å²) in [6.45, 7) is 4.68. The van der Waals surface area contributed by atoms with E-state index in [0.29, 0.717) is 23.7 Å². The van der Waals surface area contributed by atoms with E-state index in [4.69, 9.17) is 9.47 Å². The standard InChI is InChI=1S/C15H20N2O4/c1-4-21-15(19)12-6-5-9-17(12)13-8-7-11(10(2)16-13)14(18)20-3/h7-8,12H,4-6,9H2,1-3H3. The van der Waals surface area contributed by atoms with Gasteiger partial charge >= 0.3 is 11.9 Å². The summed E-state index contributed by atoms with van der Waals surface area (Å²) in [6, 6.07) is 3.14. The van der Waals surface area contributed by atoms with Crippen molar-refractivity contribution in [3.05, 3.63) is 23.4 Å². The Labute approximate surface area is 124 Å². The minimum Gasteiger partial charge on any atom is -0.465 e. The highest BCUT2D eigenvalue weighted by Crippen LogP contribution is 2.25. The van der Waals surface area contributed by atoms with Crippen LogP contribution in [0.2, 0.25) is 0 Å². The molecule has 1 saturated heterocycles. The van der Waals surface area contributed by atoms with Crippen LogP contribution in [-0.4, -0.2) is 43.2 Å². The van der Waals surface area contributed by atoms with Crippen LogP contribution >= 0.6 is 0 Å². The highest BCUT2D eigenvalue weighted by molar-refractivity contribution is 5.90. The summed E-state index contributed by atoms with van der Waals surface area (Å²) in [5, 5.41) is 0. The van der Waals surface area contributed by atoms with Gasteiger partial charge in [-0.25, -0.2) is 14.6 Å². The summed E-state index contributed by atoms with van der Waals surface area (Å²) in [7, 11) is 1.34. The largest absolute Gasteiger partial charge is 0.465 e. The molecule has 1 atom stereocenters. The zero-order valence-electron chi connectivity index (χ0n) is 12.6. The number of methoxy groups -OCH3 is 1. The van der Waals surface area contributed by atoms with E-state index in [-0.39, 0.29) is 12.0 Å². The highest BCUT2D eigenvalue weighted by Gasteiger charge is 2.33. The molecule has 6 heteroatoms. The van der Waals surface area contributed by atoms with Gasteiger partial charge in [0.25, 0.3) is 0 Å². The molecule has 0 spiro atoms. The van der Waals surface area contributed by atoms with Gasteiger partial charge in [0, 0.05) is 6.54 Å². The van der Waals surface area contributed by atoms with Crippen molar-refractivity contribution in [1.82, 2.24) is 4.98 Å². The summed E-state index contributed by atoms with van der Waals surface area (Å²) < 4.78 is 9.81. The van der Waals surface area contributed by atoms with Gasteiger partial charge in [0.1, 0.15) is 11.9 Å². The number of pyridine rings is 1. The zero-order valence-corrected chi connectivity index (χ0v) is 12.6. The van der Waals surface area contributed by atoms with E-state index in [1.807, 2.05) is 4.90 Å². The van der Waals surface area contributed by atoms with Gasteiger partial charge in [-0.15, -0.1) is 0 Å². The van der Waals surface area contributed by atoms with Gasteiger partial charge < -0.3 is 14.4 Å². The van der Waals surface area contributed by atoms with Crippen molar-refractivity contribution in [2.75, 3.05) is 25.2 Å². The van der Waals surface area contributed by atoms with Crippen LogP contribution in [0, 0.1) is 6.92 Å². The van der Waals surface area contributed by atoms with Crippen LogP contribution in [-0.2, 0) is 14.3 Å². The van der Waals surface area contributed by atoms with Crippen molar-refractivity contribution in [2.24, 2.45) is 0 Å². The van der Waals surface area contributed by atoms with Crippen LogP contribution in [0.4, 0.5) is 5.82 Å². The molecular formula is C15H20N2O4. The van der Waals surface area contributed by atoms with E-state index in [0.717, 1.165) is 19.4 Å². The Morgan fingerprint density at radius 1 is 1.43 bits per heavy atom. The van der Waals surface area contributed by atoms with Crippen LogP contribution in [0.25, 0.3) is 0 Å². The first-order valence-electron chi connectivity index (χ1n) is 7.07. The second kappa shape index (κ2) is 6.56. The van der Waals surface area contributed by atoms with Crippen molar-refractivity contribution in [1.29, 1.82) is 0 Å². The predicted octanol–water partition coefficient (Wildman–Crippen LogP) is 1.71. The summed E-state index contributed by atoms with van der Waals surface area (Å²) in [6.07, 6.45) is 1.68. The molecule has 1 aromatic heterocycles. The van der Waals surface area contributed by atoms with Crippen LogP contribution in [0.15, 0.2) is 12.1 Å². The first-order chi connectivity index (χ1) is 10.1. The Morgan fingerprint density at radius 2 is 2.19 bits per heavy atom. The van der Waals surface area contributed by atoms with Gasteiger partial charge in [-0.05, 0) is 38.8 Å². The van der Waals surface area contributed by atoms with Crippen LogP contribution in [0.3, 0.4) is 0 Å². The van der Waals surface area contributed by atoms with Gasteiger partial charge in [-0.2, -0.15) is 0 Å². The average molecular weight is 292 g/mol. The van der Waals surface area contributed by atoms with Crippen LogP contribution in [0.5, 0.6) is 0 Å². The number of esters is 2. The van der Waals surface area contributed by atoms with Crippen molar-refractivity contribution in [3.8, 4) is 0 Å². The first-order valence-corrected chi connectivity index (χ1v) is 7.07. The molecule has 0 bridgehead atoms. The molecule has 6 nitrogen and oxygen atoms in total. The van der Waals surface area contributed by atoms with Crippen molar-refractivity contribution >= 4 is 17.8 Å². The number of rotatable bonds is 4. The fourth-order valence-corrected chi connectivity index (χ4v) is 2.56. The lowest BCUT2D eigenvalue weighted by molar-refractivity contribution is -0.144. The molecule has 0 aliphatic carbocycles.